The second-order valence-corrected chi connectivity index (χ2v) is 11.1. The third-order valence-electron chi connectivity index (χ3n) is 7.71. The Labute approximate surface area is 241 Å². The van der Waals surface area contributed by atoms with E-state index < -0.39 is 23.5 Å². The SMILES string of the molecule is CCCCc1cc2ccccc2c(OCC[N+](C)(C)C(C(=O)OC)C2=CC[C@](O)(C(N)=O)C=C2c2ccccc2)n1. The molecule has 0 radical (unpaired) electrons. The number of hydrogen-bond donors (Lipinski definition) is 2. The average Bonchev–Trinajstić information content (AvgIpc) is 2.97. The maximum Gasteiger partial charge on any atom is 0.369 e. The normalized spacial score (nSPS) is 17.9. The van der Waals surface area contributed by atoms with Crippen LogP contribution in [-0.4, -0.2) is 72.4 Å². The van der Waals surface area contributed by atoms with Gasteiger partial charge >= 0.3 is 5.97 Å². The zero-order chi connectivity index (χ0) is 29.6. The number of unbranched alkanes of at least 4 members (excludes halogenated alkanes) is 1. The fourth-order valence-electron chi connectivity index (χ4n) is 5.28. The molecule has 0 fully saturated rings. The van der Waals surface area contributed by atoms with Crippen molar-refractivity contribution in [2.24, 2.45) is 5.73 Å². The standard InChI is InChI=1S/C33H39N3O5/c1-5-6-15-25-21-24-14-10-11-16-26(24)30(35-25)41-20-19-36(2,3)29(31(37)40-4)27-17-18-33(39,32(34)38)22-28(27)23-12-8-7-9-13-23/h7-14,16-17,21-22,29,39H,5-6,15,18-20H2,1-4H3,(H-,34,38)/p+1/t29?,33-/m1/s1. The number of carbonyl (C=O) groups is 2. The number of methoxy groups -OCH3 is 1. The Morgan fingerprint density at radius 2 is 1.83 bits per heavy atom. The number of aliphatic hydroxyl groups is 1. The molecule has 2 aromatic carbocycles. The van der Waals surface area contributed by atoms with Crippen LogP contribution in [0.1, 0.15) is 37.4 Å². The van der Waals surface area contributed by atoms with Gasteiger partial charge in [0.2, 0.25) is 11.9 Å². The molecule has 8 heteroatoms. The van der Waals surface area contributed by atoms with Crippen molar-refractivity contribution in [3.8, 4) is 5.88 Å². The Morgan fingerprint density at radius 3 is 2.51 bits per heavy atom. The first kappa shape index (κ1) is 30.0. The predicted molar refractivity (Wildman–Crippen MR) is 160 cm³/mol. The summed E-state index contributed by atoms with van der Waals surface area (Å²) in [4.78, 5) is 30.3. The monoisotopic (exact) mass is 558 g/mol. The number of nitrogens with two attached hydrogens (primary N) is 1. The second-order valence-electron chi connectivity index (χ2n) is 11.1. The van der Waals surface area contributed by atoms with Crippen LogP contribution in [0.4, 0.5) is 0 Å². The molecule has 1 amide bonds. The van der Waals surface area contributed by atoms with Gasteiger partial charge in [-0.15, -0.1) is 0 Å². The summed E-state index contributed by atoms with van der Waals surface area (Å²) in [6.45, 7) is 2.91. The van der Waals surface area contributed by atoms with Crippen LogP contribution in [0.2, 0.25) is 0 Å². The number of fused-ring (bicyclic) bond motifs is 1. The number of pyridine rings is 1. The van der Waals surface area contributed by atoms with Crippen molar-refractivity contribution in [1.82, 2.24) is 4.98 Å². The van der Waals surface area contributed by atoms with Gasteiger partial charge in [0.25, 0.3) is 5.91 Å². The minimum absolute atomic E-state index is 0.0432. The lowest BCUT2D eigenvalue weighted by Crippen LogP contribution is -2.56. The van der Waals surface area contributed by atoms with Crippen LogP contribution in [-0.2, 0) is 20.7 Å². The highest BCUT2D eigenvalue weighted by atomic mass is 16.5. The van der Waals surface area contributed by atoms with Gasteiger partial charge in [-0.1, -0.05) is 68.0 Å². The quantitative estimate of drug-likeness (QED) is 0.255. The summed E-state index contributed by atoms with van der Waals surface area (Å²) in [6.07, 6.45) is 6.15. The first-order valence-corrected chi connectivity index (χ1v) is 14.0. The summed E-state index contributed by atoms with van der Waals surface area (Å²) in [5, 5.41) is 13.0. The Hall–Kier alpha value is -4.01. The summed E-state index contributed by atoms with van der Waals surface area (Å²) >= 11 is 0. The predicted octanol–water partition coefficient (Wildman–Crippen LogP) is 4.20. The van der Waals surface area contributed by atoms with E-state index in [-0.39, 0.29) is 10.9 Å². The number of carbonyl (C=O) groups excluding carboxylic acids is 2. The Kier molecular flexibility index (Phi) is 9.25. The summed E-state index contributed by atoms with van der Waals surface area (Å²) < 4.78 is 11.8. The topological polar surface area (TPSA) is 112 Å². The van der Waals surface area contributed by atoms with E-state index >= 15 is 0 Å². The number of primary amides is 1. The molecule has 3 N–H and O–H groups in total. The molecule has 1 aliphatic carbocycles. The molecule has 0 bridgehead atoms. The van der Waals surface area contributed by atoms with Crippen molar-refractivity contribution < 1.29 is 28.7 Å². The molecule has 0 saturated carbocycles. The zero-order valence-electron chi connectivity index (χ0n) is 24.3. The number of rotatable bonds is 12. The molecule has 1 unspecified atom stereocenters. The van der Waals surface area contributed by atoms with Crippen molar-refractivity contribution in [3.63, 3.8) is 0 Å². The van der Waals surface area contributed by atoms with E-state index in [0.29, 0.717) is 30.2 Å². The molecule has 3 aromatic rings. The Bertz CT molecular complexity index is 1460. The minimum Gasteiger partial charge on any atom is -0.471 e. The fourth-order valence-corrected chi connectivity index (χ4v) is 5.28. The number of aromatic nitrogens is 1. The summed E-state index contributed by atoms with van der Waals surface area (Å²) in [6, 6.07) is 18.7. The maximum atomic E-state index is 13.4. The average molecular weight is 559 g/mol. The number of aryl methyl sites for hydroxylation is 1. The largest absolute Gasteiger partial charge is 0.471 e. The number of nitrogens with zero attached hydrogens (tertiary/aromatic N) is 2. The van der Waals surface area contributed by atoms with E-state index in [4.69, 9.17) is 20.2 Å². The molecule has 2 atom stereocenters. The highest BCUT2D eigenvalue weighted by Gasteiger charge is 2.44. The summed E-state index contributed by atoms with van der Waals surface area (Å²) in [5.74, 6) is -0.700. The van der Waals surface area contributed by atoms with E-state index in [1.54, 1.807) is 6.08 Å². The number of amides is 1. The van der Waals surface area contributed by atoms with E-state index in [9.17, 15) is 14.7 Å². The van der Waals surface area contributed by atoms with Gasteiger partial charge in [0.15, 0.2) is 5.60 Å². The van der Waals surface area contributed by atoms with Crippen LogP contribution < -0.4 is 10.5 Å². The van der Waals surface area contributed by atoms with Crippen molar-refractivity contribution in [1.29, 1.82) is 0 Å². The molecule has 8 nitrogen and oxygen atoms in total. The van der Waals surface area contributed by atoms with Crippen LogP contribution in [0.5, 0.6) is 5.88 Å². The van der Waals surface area contributed by atoms with Crippen LogP contribution in [0.25, 0.3) is 16.3 Å². The van der Waals surface area contributed by atoms with E-state index in [0.717, 1.165) is 41.3 Å². The third-order valence-corrected chi connectivity index (χ3v) is 7.71. The number of esters is 1. The van der Waals surface area contributed by atoms with Crippen molar-refractivity contribution in [2.45, 2.75) is 44.2 Å². The van der Waals surface area contributed by atoms with Gasteiger partial charge in [-0.2, -0.15) is 0 Å². The first-order valence-electron chi connectivity index (χ1n) is 14.0. The summed E-state index contributed by atoms with van der Waals surface area (Å²) in [7, 11) is 5.23. The van der Waals surface area contributed by atoms with Gasteiger partial charge in [0.1, 0.15) is 13.2 Å². The first-order chi connectivity index (χ1) is 19.6. The molecule has 1 aliphatic rings. The number of ether oxygens (including phenoxy) is 2. The lowest BCUT2D eigenvalue weighted by molar-refractivity contribution is -0.901. The van der Waals surface area contributed by atoms with E-state index in [1.165, 1.54) is 13.2 Å². The van der Waals surface area contributed by atoms with Gasteiger partial charge in [-0.25, -0.2) is 9.78 Å². The lowest BCUT2D eigenvalue weighted by atomic mass is 9.80. The number of likely N-dealkylation sites (N-methyl/N-ethyl adjacent to an activating group) is 1. The Balaban J connectivity index is 1.64. The summed E-state index contributed by atoms with van der Waals surface area (Å²) in [5.41, 5.74) is 6.67. The molecule has 0 spiro atoms. The number of benzene rings is 2. The maximum absolute atomic E-state index is 13.4. The molecule has 1 heterocycles. The minimum atomic E-state index is -1.86. The van der Waals surface area contributed by atoms with Crippen molar-refractivity contribution in [3.05, 3.63) is 89.6 Å². The molecule has 0 aliphatic heterocycles. The molecular weight excluding hydrogens is 518 g/mol. The second kappa shape index (κ2) is 12.7. The van der Waals surface area contributed by atoms with Crippen molar-refractivity contribution in [2.75, 3.05) is 34.4 Å². The van der Waals surface area contributed by atoms with E-state index in [1.807, 2.05) is 62.6 Å². The van der Waals surface area contributed by atoms with Gasteiger partial charge < -0.3 is 24.8 Å². The zero-order valence-corrected chi connectivity index (χ0v) is 24.3. The Morgan fingerprint density at radius 1 is 1.12 bits per heavy atom. The molecular formula is C33H40N3O5+. The van der Waals surface area contributed by atoms with Crippen molar-refractivity contribution >= 4 is 28.2 Å². The van der Waals surface area contributed by atoms with Crippen LogP contribution in [0, 0.1) is 0 Å². The lowest BCUT2D eigenvalue weighted by Gasteiger charge is -2.39. The smallest absolute Gasteiger partial charge is 0.369 e. The highest BCUT2D eigenvalue weighted by Crippen LogP contribution is 2.38. The number of hydrogen-bond acceptors (Lipinski definition) is 6. The molecule has 41 heavy (non-hydrogen) atoms. The molecule has 4 rings (SSSR count). The van der Waals surface area contributed by atoms with Crippen LogP contribution in [0.3, 0.4) is 0 Å². The van der Waals surface area contributed by atoms with Gasteiger partial charge in [-0.3, -0.25) is 4.79 Å². The molecule has 216 valence electrons. The highest BCUT2D eigenvalue weighted by molar-refractivity contribution is 5.96. The van der Waals surface area contributed by atoms with Gasteiger partial charge in [0.05, 0.1) is 21.2 Å². The molecule has 0 saturated heterocycles. The van der Waals surface area contributed by atoms with Gasteiger partial charge in [-0.05, 0) is 47.6 Å². The van der Waals surface area contributed by atoms with E-state index in [2.05, 4.69) is 19.1 Å². The van der Waals surface area contributed by atoms with Crippen LogP contribution in [0.15, 0.2) is 78.4 Å². The number of quaternary nitrogens is 1. The van der Waals surface area contributed by atoms with Crippen LogP contribution >= 0.6 is 0 Å². The fraction of sp³-hybridized carbons (Fsp3) is 0.364. The molecule has 1 aromatic heterocycles. The third kappa shape index (κ3) is 6.66. The van der Waals surface area contributed by atoms with Gasteiger partial charge in [0, 0.05) is 23.1 Å².